The highest BCUT2D eigenvalue weighted by atomic mass is 79.9. The zero-order chi connectivity index (χ0) is 26.7. The second-order valence-electron chi connectivity index (χ2n) is 9.27. The fourth-order valence-corrected chi connectivity index (χ4v) is 4.24. The number of nitrogens with one attached hydrogen (secondary N) is 1. The minimum atomic E-state index is -0.664. The van der Waals surface area contributed by atoms with Crippen LogP contribution in [0.4, 0.5) is 15.5 Å². The van der Waals surface area contributed by atoms with Crippen LogP contribution in [0.1, 0.15) is 38.4 Å². The smallest absolute Gasteiger partial charge is 0.413 e. The molecule has 37 heavy (non-hydrogen) atoms. The van der Waals surface area contributed by atoms with E-state index in [2.05, 4.69) is 46.0 Å². The molecule has 3 aromatic rings. The Morgan fingerprint density at radius 1 is 1.19 bits per heavy atom. The van der Waals surface area contributed by atoms with Gasteiger partial charge in [-0.05, 0) is 60.3 Å². The van der Waals surface area contributed by atoms with Crippen LogP contribution >= 0.6 is 15.9 Å². The number of aromatic nitrogens is 5. The largest absolute Gasteiger partial charge is 0.495 e. The third-order valence-corrected chi connectivity index (χ3v) is 6.07. The summed E-state index contributed by atoms with van der Waals surface area (Å²) in [6, 6.07) is 1.94. The third-order valence-electron chi connectivity index (χ3n) is 5.53. The molecule has 0 atom stereocenters. The molecule has 0 aromatic carbocycles. The van der Waals surface area contributed by atoms with Gasteiger partial charge in [-0.15, -0.1) is 0 Å². The number of carbonyl (C=O) groups is 2. The zero-order valence-corrected chi connectivity index (χ0v) is 22.8. The molecule has 0 unspecified atom stereocenters. The summed E-state index contributed by atoms with van der Waals surface area (Å²) in [5, 5.41) is 6.93. The number of halogens is 1. The first-order chi connectivity index (χ1) is 17.6. The van der Waals surface area contributed by atoms with Crippen molar-refractivity contribution in [2.24, 2.45) is 0 Å². The van der Waals surface area contributed by atoms with Crippen molar-refractivity contribution in [3.63, 3.8) is 0 Å². The average molecular weight is 574 g/mol. The van der Waals surface area contributed by atoms with Crippen LogP contribution in [-0.4, -0.2) is 74.7 Å². The van der Waals surface area contributed by atoms with Crippen LogP contribution in [0.5, 0.6) is 5.75 Å². The molecule has 2 amide bonds. The Morgan fingerprint density at radius 2 is 1.97 bits per heavy atom. The number of carbonyl (C=O) groups excluding carboxylic acids is 2. The standard InChI is InChI=1S/C24H28BrN7O5/c1-24(2,3)37-23(34)31-8-6-14(7-9-31)15-10-18(35-4)16(26-11-15)13-32-17-12-27-21(29-22(33)36-5)28-19(17)20(25)30-32/h6,10-12H,7-9,13H2,1-5H3,(H,27,28,29,33). The molecular formula is C24H28BrN7O5. The number of rotatable bonds is 5. The molecule has 1 aliphatic heterocycles. The highest BCUT2D eigenvalue weighted by molar-refractivity contribution is 9.10. The summed E-state index contributed by atoms with van der Waals surface area (Å²) in [7, 11) is 2.85. The lowest BCUT2D eigenvalue weighted by atomic mass is 10.0. The third kappa shape index (κ3) is 6.16. The van der Waals surface area contributed by atoms with Gasteiger partial charge in [0.25, 0.3) is 0 Å². The molecule has 4 heterocycles. The molecule has 196 valence electrons. The maximum atomic E-state index is 12.3. The van der Waals surface area contributed by atoms with Gasteiger partial charge in [0.15, 0.2) is 4.60 Å². The van der Waals surface area contributed by atoms with Gasteiger partial charge < -0.3 is 19.1 Å². The Bertz CT molecular complexity index is 1370. The Kier molecular flexibility index (Phi) is 7.62. The number of ether oxygens (including phenoxy) is 3. The number of anilines is 1. The van der Waals surface area contributed by atoms with Crippen LogP contribution in [0.2, 0.25) is 0 Å². The van der Waals surface area contributed by atoms with E-state index in [0.29, 0.717) is 53.1 Å². The number of methoxy groups -OCH3 is 2. The Labute approximate surface area is 222 Å². The number of fused-ring (bicyclic) bond motifs is 1. The first kappa shape index (κ1) is 26.3. The highest BCUT2D eigenvalue weighted by Crippen LogP contribution is 2.29. The van der Waals surface area contributed by atoms with Crippen molar-refractivity contribution >= 4 is 50.7 Å². The number of hydrogen-bond acceptors (Lipinski definition) is 9. The summed E-state index contributed by atoms with van der Waals surface area (Å²) in [4.78, 5) is 38.6. The van der Waals surface area contributed by atoms with Gasteiger partial charge in [-0.1, -0.05) is 6.08 Å². The fraction of sp³-hybridized carbons (Fsp3) is 0.417. The summed E-state index contributed by atoms with van der Waals surface area (Å²) in [6.07, 6.45) is 5.07. The minimum absolute atomic E-state index is 0.102. The first-order valence-corrected chi connectivity index (χ1v) is 12.3. The normalized spacial score (nSPS) is 13.8. The second kappa shape index (κ2) is 10.7. The maximum Gasteiger partial charge on any atom is 0.413 e. The monoisotopic (exact) mass is 573 g/mol. The number of amides is 2. The topological polar surface area (TPSA) is 134 Å². The number of pyridine rings is 1. The fourth-order valence-electron chi connectivity index (χ4n) is 3.76. The number of hydrogen-bond donors (Lipinski definition) is 1. The average Bonchev–Trinajstić information content (AvgIpc) is 3.17. The van der Waals surface area contributed by atoms with E-state index in [1.165, 1.54) is 7.11 Å². The van der Waals surface area contributed by atoms with Gasteiger partial charge in [-0.3, -0.25) is 15.0 Å². The zero-order valence-electron chi connectivity index (χ0n) is 21.2. The van der Waals surface area contributed by atoms with Crippen LogP contribution in [0.15, 0.2) is 29.1 Å². The van der Waals surface area contributed by atoms with Gasteiger partial charge in [0, 0.05) is 19.3 Å². The van der Waals surface area contributed by atoms with E-state index in [-0.39, 0.29) is 12.0 Å². The van der Waals surface area contributed by atoms with Gasteiger partial charge >= 0.3 is 12.2 Å². The summed E-state index contributed by atoms with van der Waals surface area (Å²) in [5.41, 5.74) is 3.33. The molecule has 1 aliphatic rings. The van der Waals surface area contributed by atoms with Gasteiger partial charge in [-0.25, -0.2) is 19.6 Å². The van der Waals surface area contributed by atoms with Crippen molar-refractivity contribution in [2.45, 2.75) is 39.3 Å². The van der Waals surface area contributed by atoms with E-state index in [9.17, 15) is 9.59 Å². The molecular weight excluding hydrogens is 546 g/mol. The van der Waals surface area contributed by atoms with E-state index >= 15 is 0 Å². The molecule has 0 radical (unpaired) electrons. The predicted molar refractivity (Wildman–Crippen MR) is 139 cm³/mol. The van der Waals surface area contributed by atoms with E-state index in [1.54, 1.807) is 29.1 Å². The van der Waals surface area contributed by atoms with Crippen molar-refractivity contribution in [3.8, 4) is 5.75 Å². The lowest BCUT2D eigenvalue weighted by Gasteiger charge is -2.29. The van der Waals surface area contributed by atoms with Crippen LogP contribution in [-0.2, 0) is 16.0 Å². The van der Waals surface area contributed by atoms with Gasteiger partial charge in [0.2, 0.25) is 5.95 Å². The Hall–Kier alpha value is -3.74. The van der Waals surface area contributed by atoms with E-state index in [0.717, 1.165) is 11.1 Å². The van der Waals surface area contributed by atoms with Crippen molar-refractivity contribution in [2.75, 3.05) is 32.6 Å². The molecule has 0 spiro atoms. The van der Waals surface area contributed by atoms with Gasteiger partial charge in [-0.2, -0.15) is 5.10 Å². The molecule has 4 rings (SSSR count). The lowest BCUT2D eigenvalue weighted by Crippen LogP contribution is -2.39. The minimum Gasteiger partial charge on any atom is -0.495 e. The summed E-state index contributed by atoms with van der Waals surface area (Å²) in [5.74, 6) is 0.711. The predicted octanol–water partition coefficient (Wildman–Crippen LogP) is 4.24. The summed E-state index contributed by atoms with van der Waals surface area (Å²) < 4.78 is 17.9. The van der Waals surface area contributed by atoms with Crippen molar-refractivity contribution in [1.29, 1.82) is 0 Å². The quantitative estimate of drug-likeness (QED) is 0.475. The van der Waals surface area contributed by atoms with Crippen molar-refractivity contribution < 1.29 is 23.8 Å². The highest BCUT2D eigenvalue weighted by Gasteiger charge is 2.24. The van der Waals surface area contributed by atoms with Gasteiger partial charge in [0.05, 0.1) is 27.0 Å². The van der Waals surface area contributed by atoms with E-state index < -0.39 is 11.7 Å². The molecule has 13 heteroatoms. The molecule has 3 aromatic heterocycles. The van der Waals surface area contributed by atoms with E-state index in [1.807, 2.05) is 32.9 Å². The van der Waals surface area contributed by atoms with Crippen LogP contribution in [0.25, 0.3) is 16.6 Å². The SMILES string of the molecule is COC(=O)Nc1ncc2c(n1)c(Br)nn2Cc1ncc(C2=CCN(C(=O)OC(C)(C)C)CC2)cc1OC. The summed E-state index contributed by atoms with van der Waals surface area (Å²) in [6.45, 7) is 6.90. The molecule has 0 saturated heterocycles. The molecule has 0 saturated carbocycles. The van der Waals surface area contributed by atoms with Crippen LogP contribution < -0.4 is 10.1 Å². The molecule has 12 nitrogen and oxygen atoms in total. The lowest BCUT2D eigenvalue weighted by molar-refractivity contribution is 0.0270. The van der Waals surface area contributed by atoms with E-state index in [4.69, 9.17) is 9.47 Å². The molecule has 1 N–H and O–H groups in total. The molecule has 0 bridgehead atoms. The Balaban J connectivity index is 1.52. The van der Waals surface area contributed by atoms with Gasteiger partial charge in [0.1, 0.15) is 28.1 Å². The number of nitrogens with zero attached hydrogens (tertiary/aromatic N) is 6. The summed E-state index contributed by atoms with van der Waals surface area (Å²) >= 11 is 3.42. The van der Waals surface area contributed by atoms with Crippen LogP contribution in [0, 0.1) is 0 Å². The van der Waals surface area contributed by atoms with Crippen molar-refractivity contribution in [3.05, 3.63) is 40.4 Å². The molecule has 0 aliphatic carbocycles. The Morgan fingerprint density at radius 3 is 2.62 bits per heavy atom. The first-order valence-electron chi connectivity index (χ1n) is 11.5. The maximum absolute atomic E-state index is 12.3. The second-order valence-corrected chi connectivity index (χ2v) is 10.0. The van der Waals surface area contributed by atoms with Crippen LogP contribution in [0.3, 0.4) is 0 Å². The molecule has 0 fully saturated rings. The van der Waals surface area contributed by atoms with Crippen molar-refractivity contribution in [1.82, 2.24) is 29.6 Å².